The van der Waals surface area contributed by atoms with Gasteiger partial charge in [0.15, 0.2) is 0 Å². The lowest BCUT2D eigenvalue weighted by Gasteiger charge is -2.21. The van der Waals surface area contributed by atoms with Crippen LogP contribution in [-0.2, 0) is 0 Å². The van der Waals surface area contributed by atoms with Crippen molar-refractivity contribution in [2.45, 2.75) is 69.9 Å². The van der Waals surface area contributed by atoms with Crippen LogP contribution in [0, 0.1) is 0 Å². The van der Waals surface area contributed by atoms with E-state index < -0.39 is 0 Å². The first-order valence-electron chi connectivity index (χ1n) is 9.29. The van der Waals surface area contributed by atoms with Crippen LogP contribution >= 0.6 is 11.8 Å². The molecule has 0 bridgehead atoms. The van der Waals surface area contributed by atoms with Crippen molar-refractivity contribution in [1.29, 1.82) is 0 Å². The number of hydrogen-bond acceptors (Lipinski definition) is 2. The maximum Gasteiger partial charge on any atom is 0.0195 e. The quantitative estimate of drug-likeness (QED) is 0.581. The average Bonchev–Trinajstić information content (AvgIpc) is 2.60. The van der Waals surface area contributed by atoms with Crippen LogP contribution < -0.4 is 0 Å². The van der Waals surface area contributed by atoms with Crippen LogP contribution in [0.3, 0.4) is 0 Å². The van der Waals surface area contributed by atoms with Gasteiger partial charge in [0.05, 0.1) is 0 Å². The molecule has 0 unspecified atom stereocenters. The molecule has 1 aromatic carbocycles. The standard InChI is InChI=1S/C21H33NS/c1-5-22(6-2)16-17(3)18(4)19-12-14-21(15-13-19)23-20-10-8-7-9-11-20/h12-15,20H,5-11,16H2,1-4H3. The highest BCUT2D eigenvalue weighted by Gasteiger charge is 2.14. The fourth-order valence-electron chi connectivity index (χ4n) is 3.31. The Balaban J connectivity index is 1.99. The predicted molar refractivity (Wildman–Crippen MR) is 105 cm³/mol. The Kier molecular flexibility index (Phi) is 7.72. The summed E-state index contributed by atoms with van der Waals surface area (Å²) in [5, 5.41) is 0.843. The lowest BCUT2D eigenvalue weighted by molar-refractivity contribution is 0.330. The van der Waals surface area contributed by atoms with Crippen LogP contribution in [0.5, 0.6) is 0 Å². The molecule has 0 N–H and O–H groups in total. The molecular formula is C21H33NS. The highest BCUT2D eigenvalue weighted by Crippen LogP contribution is 2.34. The molecule has 0 saturated heterocycles. The molecule has 2 rings (SSSR count). The van der Waals surface area contributed by atoms with Gasteiger partial charge >= 0.3 is 0 Å². The number of likely N-dealkylation sites (N-methyl/N-ethyl adjacent to an activating group) is 1. The van der Waals surface area contributed by atoms with Crippen LogP contribution in [0.2, 0.25) is 0 Å². The van der Waals surface area contributed by atoms with Gasteiger partial charge in [-0.15, -0.1) is 11.8 Å². The van der Waals surface area contributed by atoms with Crippen molar-refractivity contribution in [2.75, 3.05) is 19.6 Å². The molecule has 1 fully saturated rings. The average molecular weight is 332 g/mol. The van der Waals surface area contributed by atoms with Gasteiger partial charge in [0, 0.05) is 16.7 Å². The van der Waals surface area contributed by atoms with E-state index in [9.17, 15) is 0 Å². The zero-order chi connectivity index (χ0) is 16.7. The molecule has 1 nitrogen and oxygen atoms in total. The van der Waals surface area contributed by atoms with Gasteiger partial charge in [0.25, 0.3) is 0 Å². The summed E-state index contributed by atoms with van der Waals surface area (Å²) in [7, 11) is 0. The van der Waals surface area contributed by atoms with Crippen molar-refractivity contribution < 1.29 is 0 Å². The third-order valence-electron chi connectivity index (χ3n) is 5.14. The van der Waals surface area contributed by atoms with Gasteiger partial charge in [0.2, 0.25) is 0 Å². The predicted octanol–water partition coefficient (Wildman–Crippen LogP) is 6.25. The fraction of sp³-hybridized carbons (Fsp3) is 0.619. The second-order valence-electron chi connectivity index (χ2n) is 6.77. The van der Waals surface area contributed by atoms with Crippen molar-refractivity contribution in [3.8, 4) is 0 Å². The summed E-state index contributed by atoms with van der Waals surface area (Å²) in [4.78, 5) is 3.92. The minimum Gasteiger partial charge on any atom is -0.300 e. The minimum absolute atomic E-state index is 0.843. The molecule has 0 atom stereocenters. The number of rotatable bonds is 7. The van der Waals surface area contributed by atoms with E-state index in [-0.39, 0.29) is 0 Å². The van der Waals surface area contributed by atoms with E-state index in [4.69, 9.17) is 0 Å². The number of allylic oxidation sites excluding steroid dienone is 1. The summed E-state index contributed by atoms with van der Waals surface area (Å²) >= 11 is 2.09. The van der Waals surface area contributed by atoms with Crippen LogP contribution in [0.15, 0.2) is 34.7 Å². The number of nitrogens with zero attached hydrogens (tertiary/aromatic N) is 1. The Bertz CT molecular complexity index is 493. The van der Waals surface area contributed by atoms with Crippen molar-refractivity contribution in [3.63, 3.8) is 0 Å². The molecule has 1 aliphatic rings. The van der Waals surface area contributed by atoms with Gasteiger partial charge in [0.1, 0.15) is 0 Å². The van der Waals surface area contributed by atoms with E-state index >= 15 is 0 Å². The van der Waals surface area contributed by atoms with Gasteiger partial charge in [-0.2, -0.15) is 0 Å². The van der Waals surface area contributed by atoms with Gasteiger partial charge < -0.3 is 0 Å². The zero-order valence-corrected chi connectivity index (χ0v) is 16.2. The molecule has 0 aromatic heterocycles. The van der Waals surface area contributed by atoms with Crippen LogP contribution in [0.4, 0.5) is 0 Å². The first-order valence-corrected chi connectivity index (χ1v) is 10.2. The van der Waals surface area contributed by atoms with Crippen molar-refractivity contribution in [2.24, 2.45) is 0 Å². The summed E-state index contributed by atoms with van der Waals surface area (Å²) < 4.78 is 0. The highest BCUT2D eigenvalue weighted by molar-refractivity contribution is 8.00. The Morgan fingerprint density at radius 1 is 1.00 bits per heavy atom. The van der Waals surface area contributed by atoms with Gasteiger partial charge in [-0.3, -0.25) is 4.90 Å². The molecule has 0 amide bonds. The second kappa shape index (κ2) is 9.54. The lowest BCUT2D eigenvalue weighted by atomic mass is 10.0. The highest BCUT2D eigenvalue weighted by atomic mass is 32.2. The first kappa shape index (κ1) is 18.6. The van der Waals surface area contributed by atoms with Crippen LogP contribution in [0.25, 0.3) is 5.57 Å². The molecule has 23 heavy (non-hydrogen) atoms. The first-order chi connectivity index (χ1) is 11.1. The third-order valence-corrected chi connectivity index (χ3v) is 6.49. The molecule has 0 heterocycles. The van der Waals surface area contributed by atoms with E-state index in [1.165, 1.54) is 53.7 Å². The second-order valence-corrected chi connectivity index (χ2v) is 8.14. The normalized spacial score (nSPS) is 17.4. The molecule has 1 saturated carbocycles. The smallest absolute Gasteiger partial charge is 0.0195 e. The Morgan fingerprint density at radius 3 is 2.17 bits per heavy atom. The van der Waals surface area contributed by atoms with E-state index in [1.807, 2.05) is 0 Å². The van der Waals surface area contributed by atoms with E-state index in [0.717, 1.165) is 24.9 Å². The summed E-state index contributed by atoms with van der Waals surface area (Å²) in [5.41, 5.74) is 4.30. The fourth-order valence-corrected chi connectivity index (χ4v) is 4.55. The summed E-state index contributed by atoms with van der Waals surface area (Å²) in [6, 6.07) is 9.27. The largest absolute Gasteiger partial charge is 0.300 e. The van der Waals surface area contributed by atoms with Gasteiger partial charge in [-0.05, 0) is 63.0 Å². The zero-order valence-electron chi connectivity index (χ0n) is 15.4. The Labute approximate surface area is 147 Å². The van der Waals surface area contributed by atoms with Crippen molar-refractivity contribution in [3.05, 3.63) is 35.4 Å². The molecule has 128 valence electrons. The molecular weight excluding hydrogens is 298 g/mol. The minimum atomic E-state index is 0.843. The van der Waals surface area contributed by atoms with Gasteiger partial charge in [-0.25, -0.2) is 0 Å². The summed E-state index contributed by atoms with van der Waals surface area (Å²) in [6.07, 6.45) is 7.07. The monoisotopic (exact) mass is 331 g/mol. The maximum atomic E-state index is 2.48. The van der Waals surface area contributed by atoms with E-state index in [1.54, 1.807) is 0 Å². The van der Waals surface area contributed by atoms with E-state index in [0.29, 0.717) is 0 Å². The van der Waals surface area contributed by atoms with E-state index in [2.05, 4.69) is 68.6 Å². The number of benzene rings is 1. The molecule has 0 spiro atoms. The molecule has 1 aromatic rings. The van der Waals surface area contributed by atoms with Gasteiger partial charge in [-0.1, -0.05) is 50.8 Å². The molecule has 1 aliphatic carbocycles. The Hall–Kier alpha value is -0.730. The maximum absolute atomic E-state index is 2.48. The number of thioether (sulfide) groups is 1. The van der Waals surface area contributed by atoms with Crippen molar-refractivity contribution in [1.82, 2.24) is 4.90 Å². The topological polar surface area (TPSA) is 3.24 Å². The lowest BCUT2D eigenvalue weighted by Crippen LogP contribution is -2.24. The summed E-state index contributed by atoms with van der Waals surface area (Å²) in [6.45, 7) is 12.3. The van der Waals surface area contributed by atoms with Crippen LogP contribution in [-0.4, -0.2) is 29.8 Å². The number of hydrogen-bond donors (Lipinski definition) is 0. The Morgan fingerprint density at radius 2 is 1.61 bits per heavy atom. The molecule has 0 aliphatic heterocycles. The molecule has 0 radical (unpaired) electrons. The third kappa shape index (κ3) is 5.69. The van der Waals surface area contributed by atoms with Crippen molar-refractivity contribution >= 4 is 17.3 Å². The molecule has 2 heteroatoms. The SMILES string of the molecule is CCN(CC)CC(C)=C(C)c1ccc(SC2CCCCC2)cc1. The van der Waals surface area contributed by atoms with Crippen LogP contribution in [0.1, 0.15) is 65.4 Å². The summed E-state index contributed by atoms with van der Waals surface area (Å²) in [5.74, 6) is 0.